The molecule has 8 bridgehead atoms. The molecule has 6 rings (SSSR count). The zero-order valence-electron chi connectivity index (χ0n) is 25.4. The van der Waals surface area contributed by atoms with Gasteiger partial charge >= 0.3 is 29.0 Å². The molecule has 3 atom stereocenters. The van der Waals surface area contributed by atoms with Crippen molar-refractivity contribution >= 4 is 71.0 Å². The second-order valence-corrected chi connectivity index (χ2v) is 11.3. The van der Waals surface area contributed by atoms with E-state index in [1.807, 2.05) is 52.0 Å². The molecular weight excluding hydrogens is 553 g/mol. The Labute approximate surface area is 266 Å². The van der Waals surface area contributed by atoms with Crippen LogP contribution in [0.5, 0.6) is 0 Å². The summed E-state index contributed by atoms with van der Waals surface area (Å²) in [5.74, 6) is -2.45. The second-order valence-electron chi connectivity index (χ2n) is 11.3. The van der Waals surface area contributed by atoms with Crippen LogP contribution in [-0.2, 0) is 14.3 Å². The molecule has 43 heavy (non-hydrogen) atoms. The van der Waals surface area contributed by atoms with Crippen molar-refractivity contribution in [3.8, 4) is 0 Å². The quantitative estimate of drug-likeness (QED) is 0.195. The van der Waals surface area contributed by atoms with Crippen LogP contribution in [0.1, 0.15) is 80.7 Å². The number of carbonyl (C=O) groups is 3. The van der Waals surface area contributed by atoms with Crippen LogP contribution in [0.2, 0.25) is 0 Å². The molecule has 3 aromatic heterocycles. The van der Waals surface area contributed by atoms with Crippen LogP contribution in [0, 0.1) is 45.4 Å². The Balaban J connectivity index is 0.00000368. The van der Waals surface area contributed by atoms with Gasteiger partial charge in [-0.1, -0.05) is 65.6 Å². The minimum atomic E-state index is -1.16. The first-order valence-corrected chi connectivity index (χ1v) is 14.1. The van der Waals surface area contributed by atoms with E-state index in [2.05, 4.69) is 13.5 Å². The molecule has 3 aliphatic rings. The number of ether oxygens (including phenoxy) is 1. The monoisotopic (exact) mass is 584 g/mol. The number of fused-ring (bicyclic) bond motifs is 7. The summed E-state index contributed by atoms with van der Waals surface area (Å²) in [6, 6.07) is 0. The molecule has 8 nitrogen and oxygen atoms in total. The van der Waals surface area contributed by atoms with Crippen molar-refractivity contribution in [3.05, 3.63) is 90.1 Å². The molecular formula is C34H32MgN4O4-2. The zero-order chi connectivity index (χ0) is 30.0. The van der Waals surface area contributed by atoms with Crippen LogP contribution in [-0.4, -0.2) is 48.2 Å². The van der Waals surface area contributed by atoms with Crippen molar-refractivity contribution < 1.29 is 19.1 Å². The van der Waals surface area contributed by atoms with E-state index >= 15 is 0 Å². The molecule has 3 aromatic rings. The fourth-order valence-corrected chi connectivity index (χ4v) is 6.53. The van der Waals surface area contributed by atoms with Gasteiger partial charge in [0.15, 0.2) is 5.78 Å². The first-order valence-electron chi connectivity index (χ1n) is 14.1. The molecule has 0 amide bonds. The van der Waals surface area contributed by atoms with Crippen molar-refractivity contribution in [1.29, 1.82) is 0 Å². The fraction of sp³-hybridized carbons (Fsp3) is 0.324. The first-order chi connectivity index (χ1) is 20.1. The number of esters is 1. The van der Waals surface area contributed by atoms with E-state index in [9.17, 15) is 14.4 Å². The van der Waals surface area contributed by atoms with E-state index in [-0.39, 0.29) is 40.7 Å². The van der Waals surface area contributed by atoms with Gasteiger partial charge in [0.05, 0.1) is 7.11 Å². The third-order valence-corrected chi connectivity index (χ3v) is 9.17. The Bertz CT molecular complexity index is 1900. The number of aldehydes is 1. The van der Waals surface area contributed by atoms with Crippen LogP contribution in [0.15, 0.2) is 18.0 Å². The van der Waals surface area contributed by atoms with Gasteiger partial charge in [0.2, 0.25) is 0 Å². The Morgan fingerprint density at radius 1 is 0.953 bits per heavy atom. The molecule has 1 saturated heterocycles. The summed E-state index contributed by atoms with van der Waals surface area (Å²) in [5.41, 5.74) is 9.50. The Hall–Kier alpha value is -3.82. The normalized spacial score (nSPS) is 24.6. The number of carbonyl (C=O) groups excluding carboxylic acids is 3. The van der Waals surface area contributed by atoms with Crippen molar-refractivity contribution in [3.63, 3.8) is 0 Å². The average Bonchev–Trinajstić information content (AvgIpc) is 3.70. The number of aromatic nitrogens is 3. The van der Waals surface area contributed by atoms with E-state index in [0.717, 1.165) is 56.3 Å². The van der Waals surface area contributed by atoms with E-state index in [0.29, 0.717) is 46.6 Å². The number of Topliss-reactive ketones (excluding diaryl/α,β-unsaturated/α-hetero) is 1. The van der Waals surface area contributed by atoms with Crippen LogP contribution < -0.4 is 25.7 Å². The molecule has 2 aliphatic heterocycles. The van der Waals surface area contributed by atoms with Gasteiger partial charge in [0.1, 0.15) is 12.2 Å². The summed E-state index contributed by atoms with van der Waals surface area (Å²) in [4.78, 5) is 53.4. The van der Waals surface area contributed by atoms with Crippen molar-refractivity contribution in [1.82, 2.24) is 15.0 Å². The molecule has 9 heteroatoms. The molecule has 0 unspecified atom stereocenters. The summed E-state index contributed by atoms with van der Waals surface area (Å²) in [6.45, 7) is 14.0. The van der Waals surface area contributed by atoms with E-state index in [1.54, 1.807) is 0 Å². The molecule has 0 N–H and O–H groups in total. The van der Waals surface area contributed by atoms with Crippen molar-refractivity contribution in [2.75, 3.05) is 7.11 Å². The predicted molar refractivity (Wildman–Crippen MR) is 167 cm³/mol. The van der Waals surface area contributed by atoms with Gasteiger partial charge in [0.25, 0.3) is 0 Å². The maximum absolute atomic E-state index is 13.9. The molecule has 0 radical (unpaired) electrons. The Morgan fingerprint density at radius 3 is 2.23 bits per heavy atom. The van der Waals surface area contributed by atoms with Gasteiger partial charge in [-0.2, -0.15) is 11.4 Å². The van der Waals surface area contributed by atoms with E-state index in [1.165, 1.54) is 7.11 Å². The number of rotatable bonds is 5. The topological polar surface area (TPSA) is 117 Å². The van der Waals surface area contributed by atoms with Gasteiger partial charge in [-0.25, -0.2) is 0 Å². The third kappa shape index (κ3) is 4.60. The minimum Gasteiger partial charge on any atom is -0.664 e. The fourth-order valence-electron chi connectivity index (χ4n) is 6.53. The molecule has 0 saturated carbocycles. The number of allylic oxidation sites excluding steroid dienone is 2. The number of ketones is 1. The zero-order valence-corrected chi connectivity index (χ0v) is 26.8. The number of hydrogen-bond acceptors (Lipinski definition) is 4. The van der Waals surface area contributed by atoms with Crippen LogP contribution in [0.3, 0.4) is 0 Å². The average molecular weight is 585 g/mol. The SMILES string of the molecule is C=Cc1c2[n-]c(c1C)/C=C1\[N-]/C(=C3\c4[n-]c(c(C)c4C(=O)[C@@H]3C(=O)OC)/C=c3\[n-]/c(c(C)c3C)=C\2)[C@@H](CCC=O)[C@@H]1C.[Mg+2]. The smallest absolute Gasteiger partial charge is 0.664 e. The standard InChI is InChI=1S/C34H33N4O4.Mg/c1-8-20-17(4)24-13-25-18(5)21(10-9-11-39)31(37-25)29-30(34(41)42-7)33(40)28-19(6)26(38-32(28)29)12-22-15(2)16(3)23(35-22)14-27(20)36-24;/h8,11-14,18,21,30H,1,9-10H2,2-7H3,(H-,37,38,40);/q-3;+2/p-1/b22-12-,23-14-,25-13-;/t18-,21-,30+;/m0./s1. The first kappa shape index (κ1) is 30.6. The van der Waals surface area contributed by atoms with Gasteiger partial charge in [-0.3, -0.25) is 9.59 Å². The largest absolute Gasteiger partial charge is 2.00 e. The van der Waals surface area contributed by atoms with E-state index in [4.69, 9.17) is 25.0 Å². The number of hydrogen-bond donors (Lipinski definition) is 0. The molecule has 1 aliphatic carbocycles. The summed E-state index contributed by atoms with van der Waals surface area (Å²) < 4.78 is 5.12. The van der Waals surface area contributed by atoms with Crippen molar-refractivity contribution in [2.45, 2.75) is 47.5 Å². The van der Waals surface area contributed by atoms with Crippen LogP contribution >= 0.6 is 0 Å². The van der Waals surface area contributed by atoms with Gasteiger partial charge < -0.3 is 29.8 Å². The summed E-state index contributed by atoms with van der Waals surface area (Å²) >= 11 is 0. The van der Waals surface area contributed by atoms with Crippen LogP contribution in [0.4, 0.5) is 0 Å². The second kappa shape index (κ2) is 11.4. The summed E-state index contributed by atoms with van der Waals surface area (Å²) in [7, 11) is 1.28. The van der Waals surface area contributed by atoms with Gasteiger partial charge in [-0.15, -0.1) is 33.5 Å². The van der Waals surface area contributed by atoms with Crippen LogP contribution in [0.25, 0.3) is 35.2 Å². The van der Waals surface area contributed by atoms with Gasteiger partial charge in [0, 0.05) is 12.0 Å². The predicted octanol–water partition coefficient (Wildman–Crippen LogP) is 3.38. The Kier molecular flexibility index (Phi) is 8.09. The minimum absolute atomic E-state index is 0. The van der Waals surface area contributed by atoms with Crippen molar-refractivity contribution in [2.24, 2.45) is 17.8 Å². The number of methoxy groups -OCH3 is 1. The summed E-state index contributed by atoms with van der Waals surface area (Å²) in [6.07, 6.45) is 9.38. The number of nitrogens with zero attached hydrogens (tertiary/aromatic N) is 4. The molecule has 0 spiro atoms. The summed E-state index contributed by atoms with van der Waals surface area (Å²) in [5, 5.41) is 6.64. The maximum Gasteiger partial charge on any atom is 2.00 e. The molecule has 5 heterocycles. The molecule has 0 aromatic carbocycles. The van der Waals surface area contributed by atoms with Gasteiger partial charge in [-0.05, 0) is 51.5 Å². The third-order valence-electron chi connectivity index (χ3n) is 9.17. The maximum atomic E-state index is 13.9. The van der Waals surface area contributed by atoms with E-state index < -0.39 is 11.9 Å². The molecule has 216 valence electrons. The molecule has 1 fully saturated rings. The Morgan fingerprint density at radius 2 is 1.60 bits per heavy atom.